The predicted molar refractivity (Wildman–Crippen MR) is 54.2 cm³/mol. The maximum atomic E-state index is 10.7. The van der Waals surface area contributed by atoms with Crippen molar-refractivity contribution in [3.63, 3.8) is 0 Å². The van der Waals surface area contributed by atoms with Crippen molar-refractivity contribution >= 4 is 21.9 Å². The van der Waals surface area contributed by atoms with Crippen LogP contribution in [-0.2, 0) is 10.2 Å². The molecule has 76 valence electrons. The van der Waals surface area contributed by atoms with E-state index in [1.165, 1.54) is 0 Å². The Morgan fingerprint density at radius 2 is 2.29 bits per heavy atom. The molecule has 1 aliphatic rings. The van der Waals surface area contributed by atoms with Crippen LogP contribution >= 0.6 is 15.9 Å². The Bertz CT molecular complexity index is 352. The molecule has 0 aromatic carbocycles. The summed E-state index contributed by atoms with van der Waals surface area (Å²) in [6, 6.07) is 3.68. The molecule has 14 heavy (non-hydrogen) atoms. The normalized spacial score (nSPS) is 18.9. The van der Waals surface area contributed by atoms with E-state index in [2.05, 4.69) is 15.9 Å². The lowest BCUT2D eigenvalue weighted by Gasteiger charge is -2.38. The van der Waals surface area contributed by atoms with E-state index in [1.807, 2.05) is 12.1 Å². The van der Waals surface area contributed by atoms with Gasteiger partial charge in [-0.2, -0.15) is 0 Å². The van der Waals surface area contributed by atoms with Gasteiger partial charge in [0.15, 0.2) is 4.67 Å². The summed E-state index contributed by atoms with van der Waals surface area (Å²) in [5, 5.41) is 8.83. The van der Waals surface area contributed by atoms with Crippen LogP contribution < -0.4 is 0 Å². The summed E-state index contributed by atoms with van der Waals surface area (Å²) in [4.78, 5) is 10.7. The van der Waals surface area contributed by atoms with Crippen LogP contribution in [0.1, 0.15) is 31.4 Å². The predicted octanol–water partition coefficient (Wildman–Crippen LogP) is 2.94. The number of aliphatic carboxylic acids is 1. The SMILES string of the molecule is O=C(O)CC1(c2ccc(Br)o2)CCC1. The Hall–Kier alpha value is -0.770. The van der Waals surface area contributed by atoms with Gasteiger partial charge in [-0.25, -0.2) is 0 Å². The lowest BCUT2D eigenvalue weighted by molar-refractivity contribution is -0.139. The summed E-state index contributed by atoms with van der Waals surface area (Å²) in [7, 11) is 0. The fourth-order valence-electron chi connectivity index (χ4n) is 2.00. The van der Waals surface area contributed by atoms with E-state index in [0.29, 0.717) is 4.67 Å². The molecule has 4 heteroatoms. The van der Waals surface area contributed by atoms with Crippen molar-refractivity contribution in [2.45, 2.75) is 31.1 Å². The largest absolute Gasteiger partial charge is 0.481 e. The highest BCUT2D eigenvalue weighted by molar-refractivity contribution is 9.10. The maximum absolute atomic E-state index is 10.7. The Morgan fingerprint density at radius 1 is 1.57 bits per heavy atom. The third-order valence-corrected chi connectivity index (χ3v) is 3.32. The zero-order valence-electron chi connectivity index (χ0n) is 7.62. The topological polar surface area (TPSA) is 50.4 Å². The third-order valence-electron chi connectivity index (χ3n) is 2.90. The molecule has 0 saturated heterocycles. The van der Waals surface area contributed by atoms with Crippen LogP contribution in [0.3, 0.4) is 0 Å². The van der Waals surface area contributed by atoms with Crippen LogP contribution in [0.25, 0.3) is 0 Å². The molecule has 1 aromatic heterocycles. The highest BCUT2D eigenvalue weighted by atomic mass is 79.9. The van der Waals surface area contributed by atoms with Crippen LogP contribution in [0.2, 0.25) is 0 Å². The average Bonchev–Trinajstić information content (AvgIpc) is 2.44. The Balaban J connectivity index is 2.24. The summed E-state index contributed by atoms with van der Waals surface area (Å²) in [5.41, 5.74) is -0.238. The molecule has 0 unspecified atom stereocenters. The molecule has 3 nitrogen and oxygen atoms in total. The van der Waals surface area contributed by atoms with E-state index in [-0.39, 0.29) is 11.8 Å². The summed E-state index contributed by atoms with van der Waals surface area (Å²) >= 11 is 3.23. The third kappa shape index (κ3) is 1.59. The van der Waals surface area contributed by atoms with Gasteiger partial charge in [-0.1, -0.05) is 6.42 Å². The van der Waals surface area contributed by atoms with Gasteiger partial charge in [0.1, 0.15) is 5.76 Å². The van der Waals surface area contributed by atoms with Crippen molar-refractivity contribution in [2.75, 3.05) is 0 Å². The van der Waals surface area contributed by atoms with Crippen molar-refractivity contribution < 1.29 is 14.3 Å². The number of carboxylic acid groups (broad SMARTS) is 1. The van der Waals surface area contributed by atoms with Crippen LogP contribution in [0, 0.1) is 0 Å². The highest BCUT2D eigenvalue weighted by Gasteiger charge is 2.43. The molecule has 0 spiro atoms. The average molecular weight is 259 g/mol. The molecule has 2 rings (SSSR count). The molecule has 1 aromatic rings. The maximum Gasteiger partial charge on any atom is 0.304 e. The van der Waals surface area contributed by atoms with E-state index in [1.54, 1.807) is 0 Å². The second-order valence-electron chi connectivity index (χ2n) is 3.81. The molecule has 0 atom stereocenters. The van der Waals surface area contributed by atoms with Gasteiger partial charge < -0.3 is 9.52 Å². The molecule has 1 heterocycles. The molecule has 1 aliphatic carbocycles. The summed E-state index contributed by atoms with van der Waals surface area (Å²) in [6.07, 6.45) is 3.09. The number of hydrogen-bond donors (Lipinski definition) is 1. The van der Waals surface area contributed by atoms with Crippen LogP contribution in [0.5, 0.6) is 0 Å². The number of carbonyl (C=O) groups is 1. The molecular formula is C10H11BrO3. The summed E-state index contributed by atoms with van der Waals surface area (Å²) in [6.45, 7) is 0. The van der Waals surface area contributed by atoms with Gasteiger partial charge in [0, 0.05) is 5.41 Å². The standard InChI is InChI=1S/C10H11BrO3/c11-8-3-2-7(14-8)10(4-1-5-10)6-9(12)13/h2-3H,1,4-6H2,(H,12,13). The molecule has 1 fully saturated rings. The first-order valence-corrected chi connectivity index (χ1v) is 5.39. The molecule has 0 bridgehead atoms. The fraction of sp³-hybridized carbons (Fsp3) is 0.500. The summed E-state index contributed by atoms with van der Waals surface area (Å²) < 4.78 is 6.12. The van der Waals surface area contributed by atoms with E-state index < -0.39 is 5.97 Å². The quantitative estimate of drug-likeness (QED) is 0.907. The van der Waals surface area contributed by atoms with E-state index >= 15 is 0 Å². The number of hydrogen-bond acceptors (Lipinski definition) is 2. The van der Waals surface area contributed by atoms with E-state index in [4.69, 9.17) is 9.52 Å². The zero-order valence-corrected chi connectivity index (χ0v) is 9.21. The minimum atomic E-state index is -0.753. The first kappa shape index (κ1) is 9.77. The molecule has 0 amide bonds. The smallest absolute Gasteiger partial charge is 0.304 e. The van der Waals surface area contributed by atoms with Gasteiger partial charge in [0.05, 0.1) is 6.42 Å². The van der Waals surface area contributed by atoms with Crippen LogP contribution in [0.4, 0.5) is 0 Å². The summed E-state index contributed by atoms with van der Waals surface area (Å²) in [5.74, 6) is 0.0512. The zero-order chi connectivity index (χ0) is 10.2. The number of furan rings is 1. The second kappa shape index (κ2) is 3.42. The van der Waals surface area contributed by atoms with Gasteiger partial charge in [-0.15, -0.1) is 0 Å². The van der Waals surface area contributed by atoms with Gasteiger partial charge >= 0.3 is 5.97 Å². The van der Waals surface area contributed by atoms with Gasteiger partial charge in [-0.3, -0.25) is 4.79 Å². The first-order chi connectivity index (χ1) is 6.62. The molecular weight excluding hydrogens is 248 g/mol. The van der Waals surface area contributed by atoms with Crippen molar-refractivity contribution in [1.29, 1.82) is 0 Å². The lowest BCUT2D eigenvalue weighted by Crippen LogP contribution is -2.36. The van der Waals surface area contributed by atoms with Crippen molar-refractivity contribution in [1.82, 2.24) is 0 Å². The molecule has 0 radical (unpaired) electrons. The van der Waals surface area contributed by atoms with Crippen LogP contribution in [0.15, 0.2) is 21.2 Å². The lowest BCUT2D eigenvalue weighted by atomic mass is 9.65. The second-order valence-corrected chi connectivity index (χ2v) is 4.59. The Labute approximate surface area is 90.2 Å². The minimum Gasteiger partial charge on any atom is -0.481 e. The molecule has 1 saturated carbocycles. The molecule has 0 aliphatic heterocycles. The Morgan fingerprint density at radius 3 is 2.64 bits per heavy atom. The first-order valence-electron chi connectivity index (χ1n) is 4.60. The van der Waals surface area contributed by atoms with Gasteiger partial charge in [0.25, 0.3) is 0 Å². The van der Waals surface area contributed by atoms with Crippen molar-refractivity contribution in [2.24, 2.45) is 0 Å². The minimum absolute atomic E-state index is 0.174. The van der Waals surface area contributed by atoms with Gasteiger partial charge in [-0.05, 0) is 40.9 Å². The Kier molecular flexibility index (Phi) is 2.39. The number of carboxylic acids is 1. The number of rotatable bonds is 3. The van der Waals surface area contributed by atoms with Crippen molar-refractivity contribution in [3.8, 4) is 0 Å². The number of halogens is 1. The monoisotopic (exact) mass is 258 g/mol. The highest BCUT2D eigenvalue weighted by Crippen LogP contribution is 2.47. The van der Waals surface area contributed by atoms with E-state index in [0.717, 1.165) is 25.0 Å². The fourth-order valence-corrected chi connectivity index (χ4v) is 2.31. The van der Waals surface area contributed by atoms with Crippen LogP contribution in [-0.4, -0.2) is 11.1 Å². The van der Waals surface area contributed by atoms with E-state index in [9.17, 15) is 4.79 Å². The molecule has 1 N–H and O–H groups in total. The van der Waals surface area contributed by atoms with Crippen molar-refractivity contribution in [3.05, 3.63) is 22.6 Å². The van der Waals surface area contributed by atoms with Gasteiger partial charge in [0.2, 0.25) is 0 Å².